The number of ether oxygens (including phenoxy) is 5. The largest absolute Gasteiger partial charge is 0.376 e. The third kappa shape index (κ3) is 1.45. The van der Waals surface area contributed by atoms with Gasteiger partial charge in [0.15, 0.2) is 6.29 Å². The van der Waals surface area contributed by atoms with Crippen LogP contribution in [0.25, 0.3) is 0 Å². The van der Waals surface area contributed by atoms with Crippen LogP contribution in [-0.2, 0) is 23.7 Å². The number of hydrogen-bond acceptors (Lipinski definition) is 5. The summed E-state index contributed by atoms with van der Waals surface area (Å²) in [6, 6.07) is 0. The van der Waals surface area contributed by atoms with E-state index in [1.54, 1.807) is 21.3 Å². The topological polar surface area (TPSA) is 46.2 Å². The van der Waals surface area contributed by atoms with E-state index in [0.717, 1.165) is 0 Å². The molecule has 2 aliphatic heterocycles. The lowest BCUT2D eigenvalue weighted by Crippen LogP contribution is -2.56. The van der Waals surface area contributed by atoms with Crippen molar-refractivity contribution in [3.8, 4) is 0 Å². The second-order valence-electron chi connectivity index (χ2n) is 3.48. The predicted octanol–water partition coefficient (Wildman–Crippen LogP) is -0.214. The minimum atomic E-state index is -0.318. The van der Waals surface area contributed by atoms with E-state index in [9.17, 15) is 0 Å². The normalized spacial score (nSPS) is 46.9. The van der Waals surface area contributed by atoms with Gasteiger partial charge >= 0.3 is 0 Å². The quantitative estimate of drug-likeness (QED) is 0.636. The van der Waals surface area contributed by atoms with Gasteiger partial charge in [0.1, 0.15) is 24.4 Å². The van der Waals surface area contributed by atoms with Crippen molar-refractivity contribution in [1.82, 2.24) is 0 Å². The van der Waals surface area contributed by atoms with Gasteiger partial charge in [0.05, 0.1) is 6.61 Å². The Labute approximate surface area is 83.2 Å². The zero-order valence-corrected chi connectivity index (χ0v) is 8.64. The van der Waals surface area contributed by atoms with Gasteiger partial charge in [-0.25, -0.2) is 0 Å². The number of rotatable bonds is 3. The smallest absolute Gasteiger partial charge is 0.187 e. The Kier molecular flexibility index (Phi) is 3.04. The number of methoxy groups -OCH3 is 3. The van der Waals surface area contributed by atoms with E-state index in [4.69, 9.17) is 23.7 Å². The summed E-state index contributed by atoms with van der Waals surface area (Å²) in [4.78, 5) is 0. The van der Waals surface area contributed by atoms with Crippen LogP contribution in [-0.4, -0.2) is 58.6 Å². The van der Waals surface area contributed by atoms with Gasteiger partial charge in [0, 0.05) is 21.3 Å². The van der Waals surface area contributed by atoms with Gasteiger partial charge in [-0.15, -0.1) is 0 Å². The number of fused-ring (bicyclic) bond motifs is 2. The van der Waals surface area contributed by atoms with Crippen molar-refractivity contribution in [2.75, 3.05) is 27.9 Å². The highest BCUT2D eigenvalue weighted by atomic mass is 16.8. The third-order valence-electron chi connectivity index (χ3n) is 2.83. The van der Waals surface area contributed by atoms with E-state index in [0.29, 0.717) is 6.61 Å². The molecule has 5 nitrogen and oxygen atoms in total. The molecule has 2 rings (SSSR count). The fraction of sp³-hybridized carbons (Fsp3) is 1.00. The Morgan fingerprint density at radius 1 is 0.929 bits per heavy atom. The van der Waals surface area contributed by atoms with Crippen LogP contribution in [0.2, 0.25) is 0 Å². The summed E-state index contributed by atoms with van der Waals surface area (Å²) < 4.78 is 27.0. The van der Waals surface area contributed by atoms with Crippen molar-refractivity contribution in [3.05, 3.63) is 0 Å². The molecule has 0 aromatic heterocycles. The van der Waals surface area contributed by atoms with Crippen LogP contribution < -0.4 is 0 Å². The highest BCUT2D eigenvalue weighted by Crippen LogP contribution is 2.32. The molecule has 0 amide bonds. The first kappa shape index (κ1) is 10.3. The van der Waals surface area contributed by atoms with E-state index in [-0.39, 0.29) is 30.7 Å². The maximum atomic E-state index is 5.58. The summed E-state index contributed by atoms with van der Waals surface area (Å²) in [6.07, 6.45) is -0.827. The SMILES string of the molecule is CO[C@@H]1[C@@H](OC)[C@@H]2OC[C@@H](O2)[C@H]1OC. The molecule has 0 spiro atoms. The van der Waals surface area contributed by atoms with Crippen molar-refractivity contribution in [1.29, 1.82) is 0 Å². The van der Waals surface area contributed by atoms with E-state index < -0.39 is 0 Å². The molecule has 0 radical (unpaired) electrons. The molecule has 2 heterocycles. The first-order chi connectivity index (χ1) is 6.81. The minimum absolute atomic E-state index is 0.0404. The van der Waals surface area contributed by atoms with Gasteiger partial charge in [-0.05, 0) is 0 Å². The summed E-state index contributed by atoms with van der Waals surface area (Å²) in [5, 5.41) is 0. The summed E-state index contributed by atoms with van der Waals surface area (Å²) in [5.74, 6) is 0. The van der Waals surface area contributed by atoms with Crippen LogP contribution in [0, 0.1) is 0 Å². The Morgan fingerprint density at radius 3 is 2.14 bits per heavy atom. The van der Waals surface area contributed by atoms with Crippen molar-refractivity contribution < 1.29 is 23.7 Å². The van der Waals surface area contributed by atoms with Gasteiger partial charge in [-0.1, -0.05) is 0 Å². The van der Waals surface area contributed by atoms with E-state index >= 15 is 0 Å². The van der Waals surface area contributed by atoms with Crippen LogP contribution >= 0.6 is 0 Å². The minimum Gasteiger partial charge on any atom is -0.376 e. The zero-order chi connectivity index (χ0) is 10.1. The molecule has 2 fully saturated rings. The lowest BCUT2D eigenvalue weighted by atomic mass is 10.0. The second-order valence-corrected chi connectivity index (χ2v) is 3.48. The maximum absolute atomic E-state index is 5.58. The Balaban J connectivity index is 2.16. The highest BCUT2D eigenvalue weighted by molar-refractivity contribution is 4.95. The van der Waals surface area contributed by atoms with E-state index in [1.165, 1.54) is 0 Å². The van der Waals surface area contributed by atoms with Gasteiger partial charge in [-0.2, -0.15) is 0 Å². The fourth-order valence-corrected chi connectivity index (χ4v) is 2.14. The molecule has 5 heteroatoms. The first-order valence-electron chi connectivity index (χ1n) is 4.67. The molecular weight excluding hydrogens is 188 g/mol. The summed E-state index contributed by atoms with van der Waals surface area (Å²) in [6.45, 7) is 0.545. The molecule has 2 aliphatic rings. The summed E-state index contributed by atoms with van der Waals surface area (Å²) >= 11 is 0. The average molecular weight is 204 g/mol. The molecule has 0 aromatic rings. The second kappa shape index (κ2) is 4.12. The average Bonchev–Trinajstić information content (AvgIpc) is 2.63. The zero-order valence-electron chi connectivity index (χ0n) is 8.64. The summed E-state index contributed by atoms with van der Waals surface area (Å²) in [5.41, 5.74) is 0. The molecule has 2 saturated heterocycles. The molecule has 14 heavy (non-hydrogen) atoms. The maximum Gasteiger partial charge on any atom is 0.187 e. The Morgan fingerprint density at radius 2 is 1.57 bits per heavy atom. The molecule has 2 bridgehead atoms. The van der Waals surface area contributed by atoms with Crippen molar-refractivity contribution >= 4 is 0 Å². The Hall–Kier alpha value is -0.200. The highest BCUT2D eigenvalue weighted by Gasteiger charge is 2.51. The monoisotopic (exact) mass is 204 g/mol. The van der Waals surface area contributed by atoms with Crippen molar-refractivity contribution in [3.63, 3.8) is 0 Å². The molecule has 0 aromatic carbocycles. The van der Waals surface area contributed by atoms with Crippen LogP contribution in [0.3, 0.4) is 0 Å². The van der Waals surface area contributed by atoms with E-state index in [2.05, 4.69) is 0 Å². The first-order valence-corrected chi connectivity index (χ1v) is 4.67. The molecule has 0 aliphatic carbocycles. The Bertz CT molecular complexity index is 180. The molecule has 0 saturated carbocycles. The van der Waals surface area contributed by atoms with Gasteiger partial charge in [0.2, 0.25) is 0 Å². The van der Waals surface area contributed by atoms with Crippen LogP contribution in [0.5, 0.6) is 0 Å². The van der Waals surface area contributed by atoms with Gasteiger partial charge < -0.3 is 23.7 Å². The van der Waals surface area contributed by atoms with Crippen molar-refractivity contribution in [2.24, 2.45) is 0 Å². The van der Waals surface area contributed by atoms with Crippen molar-refractivity contribution in [2.45, 2.75) is 30.7 Å². The van der Waals surface area contributed by atoms with E-state index in [1.807, 2.05) is 0 Å². The molecule has 0 N–H and O–H groups in total. The molecule has 5 atom stereocenters. The lowest BCUT2D eigenvalue weighted by molar-refractivity contribution is -0.246. The van der Waals surface area contributed by atoms with Gasteiger partial charge in [0.25, 0.3) is 0 Å². The fourth-order valence-electron chi connectivity index (χ4n) is 2.14. The van der Waals surface area contributed by atoms with Gasteiger partial charge in [-0.3, -0.25) is 0 Å². The predicted molar refractivity (Wildman–Crippen MR) is 47.0 cm³/mol. The third-order valence-corrected chi connectivity index (χ3v) is 2.83. The standard InChI is InChI=1S/C9H16O5/c1-10-6-5-4-13-9(14-5)8(12-3)7(6)11-2/h5-9H,4H2,1-3H3/t5-,6-,7+,8-,9-/m1/s1. The van der Waals surface area contributed by atoms with Crippen LogP contribution in [0.1, 0.15) is 0 Å². The number of hydrogen-bond donors (Lipinski definition) is 0. The lowest BCUT2D eigenvalue weighted by Gasteiger charge is -2.38. The van der Waals surface area contributed by atoms with Crippen LogP contribution in [0.15, 0.2) is 0 Å². The summed E-state index contributed by atoms with van der Waals surface area (Å²) in [7, 11) is 4.91. The molecular formula is C9H16O5. The molecule has 0 unspecified atom stereocenters. The van der Waals surface area contributed by atoms with Crippen LogP contribution in [0.4, 0.5) is 0 Å². The molecule has 82 valence electrons.